The zero-order chi connectivity index (χ0) is 10.7. The average Bonchev–Trinajstić information content (AvgIpc) is 2.96. The first-order valence-electron chi connectivity index (χ1n) is 5.41. The zero-order valence-electron chi connectivity index (χ0n) is 9.29. The van der Waals surface area contributed by atoms with Crippen LogP contribution < -0.4 is 10.1 Å². The second kappa shape index (κ2) is 4.04. The molecule has 0 aliphatic heterocycles. The highest BCUT2D eigenvalue weighted by Crippen LogP contribution is 2.44. The van der Waals surface area contributed by atoms with Crippen LogP contribution in [0.4, 0.5) is 5.82 Å². The molecule has 0 unspecified atom stereocenters. The molecule has 0 atom stereocenters. The molecule has 0 amide bonds. The molecule has 2 rings (SSSR count). The quantitative estimate of drug-likeness (QED) is 0.803. The first-order valence-corrected chi connectivity index (χ1v) is 5.41. The average molecular weight is 207 g/mol. The molecule has 1 aromatic heterocycles. The summed E-state index contributed by atoms with van der Waals surface area (Å²) in [4.78, 5) is 8.17. The molecule has 1 aromatic rings. The monoisotopic (exact) mass is 207 g/mol. The van der Waals surface area contributed by atoms with E-state index in [0.717, 1.165) is 12.4 Å². The summed E-state index contributed by atoms with van der Waals surface area (Å²) in [6.07, 6.45) is 4.15. The Balaban J connectivity index is 1.92. The first-order chi connectivity index (χ1) is 7.22. The minimum Gasteiger partial charge on any atom is -0.478 e. The lowest BCUT2D eigenvalue weighted by Gasteiger charge is -2.10. The van der Waals surface area contributed by atoms with Gasteiger partial charge < -0.3 is 10.1 Å². The Morgan fingerprint density at radius 1 is 1.47 bits per heavy atom. The normalized spacial score (nSPS) is 17.2. The van der Waals surface area contributed by atoms with E-state index < -0.39 is 0 Å². The highest BCUT2D eigenvalue weighted by atomic mass is 16.5. The van der Waals surface area contributed by atoms with Crippen molar-refractivity contribution >= 4 is 5.82 Å². The molecule has 1 heterocycles. The van der Waals surface area contributed by atoms with Crippen molar-refractivity contribution < 1.29 is 4.74 Å². The third-order valence-electron chi connectivity index (χ3n) is 2.73. The van der Waals surface area contributed by atoms with Crippen LogP contribution in [-0.4, -0.2) is 23.1 Å². The van der Waals surface area contributed by atoms with E-state index in [4.69, 9.17) is 4.74 Å². The summed E-state index contributed by atoms with van der Waals surface area (Å²) in [6.45, 7) is 5.84. The van der Waals surface area contributed by atoms with Gasteiger partial charge in [-0.3, -0.25) is 0 Å². The van der Waals surface area contributed by atoms with Crippen molar-refractivity contribution in [3.63, 3.8) is 0 Å². The second-order valence-electron chi connectivity index (χ2n) is 4.34. The number of hydrogen-bond acceptors (Lipinski definition) is 4. The maximum Gasteiger partial charge on any atom is 0.218 e. The van der Waals surface area contributed by atoms with E-state index in [-0.39, 0.29) is 0 Å². The lowest BCUT2D eigenvalue weighted by molar-refractivity contribution is 0.326. The van der Waals surface area contributed by atoms with Crippen LogP contribution in [0.15, 0.2) is 12.4 Å². The van der Waals surface area contributed by atoms with E-state index in [2.05, 4.69) is 22.2 Å². The molecule has 1 saturated carbocycles. The van der Waals surface area contributed by atoms with Gasteiger partial charge in [0.1, 0.15) is 12.1 Å². The molecule has 15 heavy (non-hydrogen) atoms. The third-order valence-corrected chi connectivity index (χ3v) is 2.73. The van der Waals surface area contributed by atoms with E-state index in [1.165, 1.54) is 19.2 Å². The molecule has 82 valence electrons. The van der Waals surface area contributed by atoms with E-state index in [9.17, 15) is 0 Å². The lowest BCUT2D eigenvalue weighted by Crippen LogP contribution is -2.12. The van der Waals surface area contributed by atoms with Gasteiger partial charge in [0.25, 0.3) is 0 Å². The van der Waals surface area contributed by atoms with Gasteiger partial charge in [-0.1, -0.05) is 6.92 Å². The van der Waals surface area contributed by atoms with Crippen molar-refractivity contribution in [2.75, 3.05) is 18.5 Å². The Hall–Kier alpha value is -1.32. The first kappa shape index (κ1) is 10.2. The molecule has 1 fully saturated rings. The van der Waals surface area contributed by atoms with Crippen LogP contribution in [0.1, 0.15) is 26.7 Å². The second-order valence-corrected chi connectivity index (χ2v) is 4.34. The van der Waals surface area contributed by atoms with Gasteiger partial charge >= 0.3 is 0 Å². The van der Waals surface area contributed by atoms with Crippen molar-refractivity contribution in [1.82, 2.24) is 9.97 Å². The smallest absolute Gasteiger partial charge is 0.218 e. The van der Waals surface area contributed by atoms with Gasteiger partial charge in [-0.25, -0.2) is 9.97 Å². The number of aromatic nitrogens is 2. The predicted molar refractivity (Wildman–Crippen MR) is 59.0 cm³/mol. The van der Waals surface area contributed by atoms with E-state index >= 15 is 0 Å². The van der Waals surface area contributed by atoms with Gasteiger partial charge in [0, 0.05) is 12.6 Å². The molecule has 4 nitrogen and oxygen atoms in total. The Bertz CT molecular complexity index is 336. The third kappa shape index (κ3) is 2.81. The summed E-state index contributed by atoms with van der Waals surface area (Å²) in [5, 5.41) is 3.31. The maximum atomic E-state index is 5.30. The fourth-order valence-corrected chi connectivity index (χ4v) is 1.36. The van der Waals surface area contributed by atoms with E-state index in [1.807, 2.05) is 13.0 Å². The Morgan fingerprint density at radius 2 is 2.27 bits per heavy atom. The molecule has 1 aliphatic carbocycles. The largest absolute Gasteiger partial charge is 0.478 e. The van der Waals surface area contributed by atoms with Gasteiger partial charge in [0.15, 0.2) is 0 Å². The fourth-order valence-electron chi connectivity index (χ4n) is 1.36. The molecule has 1 N–H and O–H groups in total. The Morgan fingerprint density at radius 3 is 2.93 bits per heavy atom. The number of nitrogens with zero attached hydrogens (tertiary/aromatic N) is 2. The van der Waals surface area contributed by atoms with Gasteiger partial charge in [-0.2, -0.15) is 0 Å². The van der Waals surface area contributed by atoms with Crippen molar-refractivity contribution in [3.8, 4) is 5.88 Å². The number of rotatable bonds is 5. The van der Waals surface area contributed by atoms with Gasteiger partial charge in [-0.15, -0.1) is 0 Å². The Kier molecular flexibility index (Phi) is 2.75. The van der Waals surface area contributed by atoms with Crippen LogP contribution in [0.5, 0.6) is 5.88 Å². The molecule has 0 aromatic carbocycles. The number of ether oxygens (including phenoxy) is 1. The molecule has 0 radical (unpaired) electrons. The van der Waals surface area contributed by atoms with Crippen molar-refractivity contribution in [2.24, 2.45) is 5.41 Å². The summed E-state index contributed by atoms with van der Waals surface area (Å²) in [5.41, 5.74) is 0.483. The van der Waals surface area contributed by atoms with Crippen molar-refractivity contribution in [3.05, 3.63) is 12.4 Å². The topological polar surface area (TPSA) is 47.0 Å². The maximum absolute atomic E-state index is 5.30. The minimum atomic E-state index is 0.483. The summed E-state index contributed by atoms with van der Waals surface area (Å²) >= 11 is 0. The molecule has 0 spiro atoms. The number of anilines is 1. The van der Waals surface area contributed by atoms with Crippen molar-refractivity contribution in [2.45, 2.75) is 26.7 Å². The van der Waals surface area contributed by atoms with Gasteiger partial charge in [-0.05, 0) is 25.2 Å². The van der Waals surface area contributed by atoms with E-state index in [0.29, 0.717) is 17.9 Å². The molecule has 4 heteroatoms. The molecular weight excluding hydrogens is 190 g/mol. The molecule has 0 saturated heterocycles. The highest BCUT2D eigenvalue weighted by Gasteiger charge is 2.36. The molecule has 1 aliphatic rings. The summed E-state index contributed by atoms with van der Waals surface area (Å²) in [5.74, 6) is 1.48. The van der Waals surface area contributed by atoms with Crippen LogP contribution in [-0.2, 0) is 0 Å². The van der Waals surface area contributed by atoms with Gasteiger partial charge in [0.05, 0.1) is 6.61 Å². The van der Waals surface area contributed by atoms with Crippen LogP contribution in [0.3, 0.4) is 0 Å². The number of nitrogens with one attached hydrogen (secondary N) is 1. The SMILES string of the molecule is CCOc1cc(NCC2(C)CC2)ncn1. The Labute approximate surface area is 90.1 Å². The number of hydrogen-bond donors (Lipinski definition) is 1. The zero-order valence-corrected chi connectivity index (χ0v) is 9.29. The van der Waals surface area contributed by atoms with Crippen molar-refractivity contribution in [1.29, 1.82) is 0 Å². The predicted octanol–water partition coefficient (Wildman–Crippen LogP) is 2.09. The van der Waals surface area contributed by atoms with Gasteiger partial charge in [0.2, 0.25) is 5.88 Å². The summed E-state index contributed by atoms with van der Waals surface area (Å²) in [7, 11) is 0. The fraction of sp³-hybridized carbons (Fsp3) is 0.636. The van der Waals surface area contributed by atoms with Crippen LogP contribution in [0, 0.1) is 5.41 Å². The van der Waals surface area contributed by atoms with Crippen LogP contribution >= 0.6 is 0 Å². The minimum absolute atomic E-state index is 0.483. The summed E-state index contributed by atoms with van der Waals surface area (Å²) < 4.78 is 5.30. The lowest BCUT2D eigenvalue weighted by atomic mass is 10.1. The standard InChI is InChI=1S/C11H17N3O/c1-3-15-10-6-9(13-8-14-10)12-7-11(2)4-5-11/h6,8H,3-5,7H2,1-2H3,(H,12,13,14). The van der Waals surface area contributed by atoms with Crippen LogP contribution in [0.2, 0.25) is 0 Å². The van der Waals surface area contributed by atoms with E-state index in [1.54, 1.807) is 0 Å². The summed E-state index contributed by atoms with van der Waals surface area (Å²) in [6, 6.07) is 1.84. The van der Waals surface area contributed by atoms with Crippen LogP contribution in [0.25, 0.3) is 0 Å². The molecular formula is C11H17N3O. The molecule has 0 bridgehead atoms. The highest BCUT2D eigenvalue weighted by molar-refractivity contribution is 5.37.